The van der Waals surface area contributed by atoms with E-state index in [0.717, 1.165) is 16.7 Å². The van der Waals surface area contributed by atoms with Crippen LogP contribution in [0.4, 0.5) is 0 Å². The average molecular weight is 399 g/mol. The number of hydrogen-bond acceptors (Lipinski definition) is 8. The van der Waals surface area contributed by atoms with Crippen LogP contribution in [0, 0.1) is 11.8 Å². The zero-order chi connectivity index (χ0) is 20.3. The van der Waals surface area contributed by atoms with Crippen LogP contribution in [0.3, 0.4) is 0 Å². The number of esters is 1. The summed E-state index contributed by atoms with van der Waals surface area (Å²) in [5.74, 6) is 0.406. The summed E-state index contributed by atoms with van der Waals surface area (Å²) in [6.45, 7) is 0.412. The zero-order valence-corrected chi connectivity index (χ0v) is 16.0. The first kappa shape index (κ1) is 17.9. The maximum atomic E-state index is 12.7. The van der Waals surface area contributed by atoms with Crippen LogP contribution >= 0.6 is 0 Å². The Balaban J connectivity index is 1.75. The quantitative estimate of drug-likeness (QED) is 0.755. The summed E-state index contributed by atoms with van der Waals surface area (Å²) in [4.78, 5) is 12.7. The Hall–Kier alpha value is -3.13. The van der Waals surface area contributed by atoms with Crippen LogP contribution in [0.5, 0.6) is 28.7 Å². The number of aromatic hydroxyl groups is 1. The van der Waals surface area contributed by atoms with Crippen molar-refractivity contribution in [3.63, 3.8) is 0 Å². The third kappa shape index (κ3) is 2.52. The van der Waals surface area contributed by atoms with Crippen LogP contribution in [0.25, 0.3) is 0 Å². The van der Waals surface area contributed by atoms with Gasteiger partial charge < -0.3 is 34.5 Å². The van der Waals surface area contributed by atoms with Gasteiger partial charge >= 0.3 is 5.97 Å². The van der Waals surface area contributed by atoms with Crippen molar-refractivity contribution in [2.45, 2.75) is 12.0 Å². The number of rotatable bonds is 3. The normalized spacial score (nSPS) is 26.5. The van der Waals surface area contributed by atoms with Gasteiger partial charge in [-0.05, 0) is 41.0 Å². The van der Waals surface area contributed by atoms with Gasteiger partial charge in [-0.2, -0.15) is 0 Å². The van der Waals surface area contributed by atoms with Gasteiger partial charge in [0.05, 0.1) is 26.7 Å². The number of cyclic esters (lactones) is 1. The first-order valence-electron chi connectivity index (χ1n) is 9.34. The summed E-state index contributed by atoms with van der Waals surface area (Å²) >= 11 is 0. The molecule has 0 saturated carbocycles. The molecule has 3 aliphatic rings. The Morgan fingerprint density at radius 1 is 1.00 bits per heavy atom. The molecule has 0 amide bonds. The van der Waals surface area contributed by atoms with E-state index in [-0.39, 0.29) is 54.5 Å². The number of ether oxygens (including phenoxy) is 5. The minimum absolute atomic E-state index is 0.0947. The number of carbonyl (C=O) groups excluding carboxylic acids is 1. The molecule has 8 heteroatoms. The van der Waals surface area contributed by atoms with E-state index in [4.69, 9.17) is 29.4 Å². The fourth-order valence-corrected chi connectivity index (χ4v) is 4.70. The fraction of sp³-hybridized carbons (Fsp3) is 0.381. The van der Waals surface area contributed by atoms with Crippen molar-refractivity contribution in [2.24, 2.45) is 17.6 Å². The van der Waals surface area contributed by atoms with Gasteiger partial charge in [0.25, 0.3) is 0 Å². The third-order valence-electron chi connectivity index (χ3n) is 6.11. The molecular weight excluding hydrogens is 378 g/mol. The number of benzene rings is 2. The Morgan fingerprint density at radius 2 is 1.62 bits per heavy atom. The molecule has 152 valence electrons. The van der Waals surface area contributed by atoms with Gasteiger partial charge in [0.1, 0.15) is 0 Å². The lowest BCUT2D eigenvalue weighted by Gasteiger charge is -2.37. The summed E-state index contributed by atoms with van der Waals surface area (Å²) in [7, 11) is 2.93. The van der Waals surface area contributed by atoms with Crippen molar-refractivity contribution >= 4 is 5.97 Å². The molecule has 0 aromatic heterocycles. The van der Waals surface area contributed by atoms with Crippen molar-refractivity contribution in [1.82, 2.24) is 0 Å². The van der Waals surface area contributed by atoms with Crippen LogP contribution < -0.4 is 24.7 Å². The first-order chi connectivity index (χ1) is 14.0. The number of fused-ring (bicyclic) bond motifs is 3. The average Bonchev–Trinajstić information content (AvgIpc) is 3.34. The van der Waals surface area contributed by atoms with E-state index in [2.05, 4.69) is 0 Å². The summed E-state index contributed by atoms with van der Waals surface area (Å²) in [6.07, 6.45) is 0. The topological polar surface area (TPSA) is 109 Å². The van der Waals surface area contributed by atoms with Crippen LogP contribution in [-0.4, -0.2) is 38.7 Å². The van der Waals surface area contributed by atoms with Gasteiger partial charge in [0, 0.05) is 17.9 Å². The molecule has 0 radical (unpaired) electrons. The van der Waals surface area contributed by atoms with Crippen molar-refractivity contribution in [3.8, 4) is 28.7 Å². The summed E-state index contributed by atoms with van der Waals surface area (Å²) in [5, 5.41) is 10.3. The number of nitrogens with two attached hydrogens (primary N) is 1. The predicted octanol–water partition coefficient (Wildman–Crippen LogP) is 2.07. The minimum atomic E-state index is -0.461. The molecule has 0 bridgehead atoms. The molecule has 3 N–H and O–H groups in total. The molecule has 5 rings (SSSR count). The number of hydrogen-bond donors (Lipinski definition) is 2. The first-order valence-corrected chi connectivity index (χ1v) is 9.34. The van der Waals surface area contributed by atoms with Gasteiger partial charge in [0.15, 0.2) is 23.0 Å². The molecule has 1 aliphatic carbocycles. The molecule has 1 fully saturated rings. The lowest BCUT2D eigenvalue weighted by Crippen LogP contribution is -2.38. The number of phenols is 1. The lowest BCUT2D eigenvalue weighted by atomic mass is 9.65. The van der Waals surface area contributed by atoms with Gasteiger partial charge in [-0.3, -0.25) is 4.79 Å². The largest absolute Gasteiger partial charge is 0.502 e. The van der Waals surface area contributed by atoms with E-state index in [1.807, 2.05) is 12.1 Å². The van der Waals surface area contributed by atoms with Crippen LogP contribution in [0.2, 0.25) is 0 Å². The molecule has 0 spiro atoms. The Morgan fingerprint density at radius 3 is 2.24 bits per heavy atom. The molecule has 2 aromatic rings. The van der Waals surface area contributed by atoms with Crippen LogP contribution in [0.15, 0.2) is 24.3 Å². The Bertz CT molecular complexity index is 980. The smallest absolute Gasteiger partial charge is 0.310 e. The molecule has 4 atom stereocenters. The summed E-state index contributed by atoms with van der Waals surface area (Å²) in [6, 6.07) is 6.85. The fourth-order valence-electron chi connectivity index (χ4n) is 4.70. The maximum absolute atomic E-state index is 12.7. The second kappa shape index (κ2) is 6.45. The SMILES string of the molecule is COc1cc([C@@H]2c3cc4c(cc3C(N)C3COC(=O)C32)OCO4)cc(OC)c1O. The van der Waals surface area contributed by atoms with Gasteiger partial charge in [-0.1, -0.05) is 0 Å². The zero-order valence-electron chi connectivity index (χ0n) is 16.0. The summed E-state index contributed by atoms with van der Waals surface area (Å²) in [5.41, 5.74) is 9.07. The molecule has 2 aromatic carbocycles. The van der Waals surface area contributed by atoms with Gasteiger partial charge in [0.2, 0.25) is 12.5 Å². The summed E-state index contributed by atoms with van der Waals surface area (Å²) < 4.78 is 27.1. The predicted molar refractivity (Wildman–Crippen MR) is 100 cm³/mol. The van der Waals surface area contributed by atoms with Crippen molar-refractivity contribution in [2.75, 3.05) is 27.6 Å². The van der Waals surface area contributed by atoms with E-state index >= 15 is 0 Å². The van der Waals surface area contributed by atoms with Crippen LogP contribution in [0.1, 0.15) is 28.7 Å². The monoisotopic (exact) mass is 399 g/mol. The van der Waals surface area contributed by atoms with Gasteiger partial charge in [-0.25, -0.2) is 0 Å². The third-order valence-corrected chi connectivity index (χ3v) is 6.11. The number of methoxy groups -OCH3 is 2. The van der Waals surface area contributed by atoms with Crippen LogP contribution in [-0.2, 0) is 9.53 Å². The molecule has 29 heavy (non-hydrogen) atoms. The lowest BCUT2D eigenvalue weighted by molar-refractivity contribution is -0.141. The van der Waals surface area contributed by atoms with Crippen molar-refractivity contribution in [1.29, 1.82) is 0 Å². The van der Waals surface area contributed by atoms with E-state index in [1.165, 1.54) is 14.2 Å². The van der Waals surface area contributed by atoms with Crippen molar-refractivity contribution < 1.29 is 33.6 Å². The standard InChI is InChI=1S/C21H21NO7/c1-25-15-3-9(4-16(26-2)20(15)23)17-10-5-13-14(29-8-28-13)6-11(10)19(22)12-7-27-21(24)18(12)17/h3-6,12,17-19,23H,7-8,22H2,1-2H3/t12?,17-,18?,19?/m1/s1. The highest BCUT2D eigenvalue weighted by Crippen LogP contribution is 2.54. The second-order valence-corrected chi connectivity index (χ2v) is 7.43. The minimum Gasteiger partial charge on any atom is -0.502 e. The molecule has 8 nitrogen and oxygen atoms in total. The second-order valence-electron chi connectivity index (χ2n) is 7.43. The van der Waals surface area contributed by atoms with Gasteiger partial charge in [-0.15, -0.1) is 0 Å². The van der Waals surface area contributed by atoms with E-state index in [9.17, 15) is 9.90 Å². The molecular formula is C21H21NO7. The maximum Gasteiger partial charge on any atom is 0.310 e. The van der Waals surface area contributed by atoms with E-state index in [1.54, 1.807) is 12.1 Å². The highest BCUT2D eigenvalue weighted by Gasteiger charge is 2.51. The Kier molecular flexibility index (Phi) is 3.99. The molecule has 3 unspecified atom stereocenters. The number of phenolic OH excluding ortho intramolecular Hbond substituents is 1. The number of carbonyl (C=O) groups is 1. The van der Waals surface area contributed by atoms with E-state index < -0.39 is 5.92 Å². The molecule has 2 heterocycles. The Labute approximate surface area is 167 Å². The highest BCUT2D eigenvalue weighted by atomic mass is 16.7. The van der Waals surface area contributed by atoms with E-state index in [0.29, 0.717) is 11.5 Å². The molecule has 1 saturated heterocycles. The highest BCUT2D eigenvalue weighted by molar-refractivity contribution is 5.79. The molecule has 2 aliphatic heterocycles. The van der Waals surface area contributed by atoms with Crippen molar-refractivity contribution in [3.05, 3.63) is 41.0 Å².